The van der Waals surface area contributed by atoms with E-state index in [-0.39, 0.29) is 11.3 Å². The highest BCUT2D eigenvalue weighted by Gasteiger charge is 2.17. The van der Waals surface area contributed by atoms with Gasteiger partial charge < -0.3 is 9.15 Å². The van der Waals surface area contributed by atoms with Gasteiger partial charge in [0.15, 0.2) is 0 Å². The Balaban J connectivity index is 1.26. The van der Waals surface area contributed by atoms with Crippen LogP contribution in [-0.2, 0) is 0 Å². The molecule has 6 nitrogen and oxygen atoms in total. The van der Waals surface area contributed by atoms with Crippen molar-refractivity contribution in [3.8, 4) is 11.8 Å². The molecule has 176 valence electrons. The summed E-state index contributed by atoms with van der Waals surface area (Å²) >= 11 is 1.45. The molecule has 0 saturated carbocycles. The highest BCUT2D eigenvalue weighted by molar-refractivity contribution is 7.19. The Morgan fingerprint density at radius 2 is 1.73 bits per heavy atom. The molecule has 6 aromatic rings. The SMILES string of the molecule is N#CC(=Cc1ccc(OC(=O)c2cc3c(ccc4ccccc43)oc2=O)cc1)c1nc2ccccc2s1. The summed E-state index contributed by atoms with van der Waals surface area (Å²) in [4.78, 5) is 29.9. The van der Waals surface area contributed by atoms with Crippen LogP contribution in [0.4, 0.5) is 0 Å². The first kappa shape index (κ1) is 22.4. The highest BCUT2D eigenvalue weighted by Crippen LogP contribution is 2.29. The summed E-state index contributed by atoms with van der Waals surface area (Å²) in [7, 11) is 0. The molecule has 0 aliphatic heterocycles. The standard InChI is InChI=1S/C30H16N2O4S/c31-17-20(28-32-25-7-3-4-8-27(25)37-28)15-18-9-12-21(13-10-18)35-29(33)24-16-23-22-6-2-1-5-19(22)11-14-26(23)36-30(24)34/h1-16H. The Morgan fingerprint density at radius 1 is 0.946 bits per heavy atom. The molecule has 2 aromatic heterocycles. The van der Waals surface area contributed by atoms with Gasteiger partial charge in [-0.15, -0.1) is 11.3 Å². The summed E-state index contributed by atoms with van der Waals surface area (Å²) < 4.78 is 11.9. The van der Waals surface area contributed by atoms with Crippen LogP contribution >= 0.6 is 11.3 Å². The van der Waals surface area contributed by atoms with Gasteiger partial charge in [-0.1, -0.05) is 54.6 Å². The summed E-state index contributed by atoms with van der Waals surface area (Å²) in [5, 5.41) is 12.8. The molecule has 0 saturated heterocycles. The third-order valence-corrected chi connectivity index (χ3v) is 6.98. The molecule has 0 aliphatic carbocycles. The van der Waals surface area contributed by atoms with Gasteiger partial charge in [0.05, 0.1) is 15.8 Å². The lowest BCUT2D eigenvalue weighted by Crippen LogP contribution is -2.18. The number of nitrogens with zero attached hydrogens (tertiary/aromatic N) is 2. The molecule has 0 amide bonds. The minimum Gasteiger partial charge on any atom is -0.423 e. The fourth-order valence-electron chi connectivity index (χ4n) is 4.10. The van der Waals surface area contributed by atoms with Gasteiger partial charge in [0, 0.05) is 5.39 Å². The lowest BCUT2D eigenvalue weighted by molar-refractivity contribution is 0.0730. The summed E-state index contributed by atoms with van der Waals surface area (Å²) in [5.74, 6) is -0.544. The first-order valence-electron chi connectivity index (χ1n) is 11.3. The van der Waals surface area contributed by atoms with Gasteiger partial charge in [0.1, 0.15) is 28.0 Å². The molecule has 0 fully saturated rings. The Labute approximate surface area is 214 Å². The van der Waals surface area contributed by atoms with Crippen LogP contribution in [0.2, 0.25) is 0 Å². The second-order valence-corrected chi connectivity index (χ2v) is 9.29. The number of aromatic nitrogens is 1. The fraction of sp³-hybridized carbons (Fsp3) is 0. The topological polar surface area (TPSA) is 93.2 Å². The molecule has 0 bridgehead atoms. The zero-order chi connectivity index (χ0) is 25.4. The number of thiazole rings is 1. The lowest BCUT2D eigenvalue weighted by atomic mass is 10.0. The van der Waals surface area contributed by atoms with Gasteiger partial charge in [-0.25, -0.2) is 14.6 Å². The quantitative estimate of drug-likeness (QED) is 0.0865. The number of rotatable bonds is 4. The first-order chi connectivity index (χ1) is 18.1. The third kappa shape index (κ3) is 4.27. The van der Waals surface area contributed by atoms with E-state index in [4.69, 9.17) is 9.15 Å². The van der Waals surface area contributed by atoms with E-state index in [9.17, 15) is 14.9 Å². The van der Waals surface area contributed by atoms with Crippen LogP contribution in [-0.4, -0.2) is 11.0 Å². The molecule has 6 rings (SSSR count). The summed E-state index contributed by atoms with van der Waals surface area (Å²) in [6.07, 6.45) is 1.73. The number of para-hydroxylation sites is 1. The van der Waals surface area contributed by atoms with Crippen LogP contribution in [0.15, 0.2) is 100 Å². The molecule has 0 radical (unpaired) electrons. The van der Waals surface area contributed by atoms with E-state index in [1.54, 1.807) is 36.4 Å². The average molecular weight is 501 g/mol. The predicted octanol–water partition coefficient (Wildman–Crippen LogP) is 6.84. The predicted molar refractivity (Wildman–Crippen MR) is 144 cm³/mol. The smallest absolute Gasteiger partial charge is 0.351 e. The largest absolute Gasteiger partial charge is 0.423 e. The monoisotopic (exact) mass is 500 g/mol. The van der Waals surface area contributed by atoms with Crippen LogP contribution in [0.3, 0.4) is 0 Å². The van der Waals surface area contributed by atoms with Crippen molar-refractivity contribution in [2.24, 2.45) is 0 Å². The van der Waals surface area contributed by atoms with Crippen LogP contribution in [0.1, 0.15) is 20.9 Å². The average Bonchev–Trinajstić information content (AvgIpc) is 3.36. The Morgan fingerprint density at radius 3 is 2.54 bits per heavy atom. The summed E-state index contributed by atoms with van der Waals surface area (Å²) in [5.41, 5.74) is 1.48. The molecule has 2 heterocycles. The van der Waals surface area contributed by atoms with Crippen molar-refractivity contribution in [3.05, 3.63) is 118 Å². The van der Waals surface area contributed by atoms with Gasteiger partial charge >= 0.3 is 11.6 Å². The molecule has 0 unspecified atom stereocenters. The molecular weight excluding hydrogens is 484 g/mol. The Bertz CT molecular complexity index is 1930. The van der Waals surface area contributed by atoms with Crippen molar-refractivity contribution >= 4 is 60.9 Å². The number of allylic oxidation sites excluding steroid dienone is 1. The van der Waals surface area contributed by atoms with E-state index in [2.05, 4.69) is 11.1 Å². The van der Waals surface area contributed by atoms with Crippen LogP contribution in [0.25, 0.3) is 43.6 Å². The number of fused-ring (bicyclic) bond motifs is 4. The van der Waals surface area contributed by atoms with Gasteiger partial charge in [-0.2, -0.15) is 5.26 Å². The number of ether oxygens (including phenoxy) is 1. The van der Waals surface area contributed by atoms with E-state index in [0.717, 1.165) is 26.6 Å². The highest BCUT2D eigenvalue weighted by atomic mass is 32.1. The molecule has 0 spiro atoms. The third-order valence-electron chi connectivity index (χ3n) is 5.91. The fourth-order valence-corrected chi connectivity index (χ4v) is 5.04. The van der Waals surface area contributed by atoms with Crippen molar-refractivity contribution < 1.29 is 13.9 Å². The zero-order valence-electron chi connectivity index (χ0n) is 19.2. The van der Waals surface area contributed by atoms with E-state index in [1.807, 2.05) is 54.6 Å². The molecule has 7 heteroatoms. The maximum Gasteiger partial charge on any atom is 0.351 e. The van der Waals surface area contributed by atoms with Crippen molar-refractivity contribution in [2.45, 2.75) is 0 Å². The second-order valence-electron chi connectivity index (χ2n) is 8.26. The normalized spacial score (nSPS) is 11.6. The molecular formula is C30H16N2O4S. The number of esters is 1. The number of hydrogen-bond acceptors (Lipinski definition) is 7. The van der Waals surface area contributed by atoms with Crippen LogP contribution in [0, 0.1) is 11.3 Å². The Kier molecular flexibility index (Phi) is 5.56. The van der Waals surface area contributed by atoms with Crippen LogP contribution < -0.4 is 10.4 Å². The Hall–Kier alpha value is -5.06. The maximum absolute atomic E-state index is 12.8. The minimum absolute atomic E-state index is 0.185. The van der Waals surface area contributed by atoms with E-state index in [1.165, 1.54) is 17.4 Å². The summed E-state index contributed by atoms with van der Waals surface area (Å²) in [6, 6.07) is 29.3. The van der Waals surface area contributed by atoms with Gasteiger partial charge in [0.25, 0.3) is 0 Å². The van der Waals surface area contributed by atoms with Crippen molar-refractivity contribution in [1.29, 1.82) is 5.26 Å². The van der Waals surface area contributed by atoms with E-state index < -0.39 is 11.6 Å². The number of nitriles is 1. The zero-order valence-corrected chi connectivity index (χ0v) is 20.0. The number of hydrogen-bond donors (Lipinski definition) is 0. The van der Waals surface area contributed by atoms with E-state index >= 15 is 0 Å². The van der Waals surface area contributed by atoms with Gasteiger partial charge in [-0.3, -0.25) is 0 Å². The molecule has 0 aliphatic rings. The molecule has 37 heavy (non-hydrogen) atoms. The molecule has 0 atom stereocenters. The first-order valence-corrected chi connectivity index (χ1v) is 12.2. The van der Waals surface area contributed by atoms with Crippen LogP contribution in [0.5, 0.6) is 5.75 Å². The second kappa shape index (κ2) is 9.19. The molecule has 0 N–H and O–H groups in total. The van der Waals surface area contributed by atoms with Gasteiger partial charge in [0.2, 0.25) is 0 Å². The van der Waals surface area contributed by atoms with E-state index in [0.29, 0.717) is 21.5 Å². The van der Waals surface area contributed by atoms with Crippen molar-refractivity contribution in [1.82, 2.24) is 4.98 Å². The lowest BCUT2D eigenvalue weighted by Gasteiger charge is -2.06. The number of benzene rings is 4. The van der Waals surface area contributed by atoms with Gasteiger partial charge in [-0.05, 0) is 58.8 Å². The molecule has 4 aromatic carbocycles. The minimum atomic E-state index is -0.806. The maximum atomic E-state index is 12.8. The summed E-state index contributed by atoms with van der Waals surface area (Å²) in [6.45, 7) is 0. The van der Waals surface area contributed by atoms with Crippen molar-refractivity contribution in [2.75, 3.05) is 0 Å². The number of carbonyl (C=O) groups is 1. The number of carbonyl (C=O) groups excluding carboxylic acids is 1. The van der Waals surface area contributed by atoms with Crippen molar-refractivity contribution in [3.63, 3.8) is 0 Å².